The average molecular weight is 294 g/mol. The van der Waals surface area contributed by atoms with Crippen LogP contribution in [0.15, 0.2) is 11.2 Å². The Morgan fingerprint density at radius 1 is 1.20 bits per heavy atom. The molecule has 1 heterocycles. The standard InChI is InChI=1S/C15H26N4S/c1-4-11-8-6-7-9-12(11)17-14-10-13(16-5-2)18-15(19-14)20-3/h10-12H,4-9H2,1-3H3,(H2,16,17,18,19). The van der Waals surface area contributed by atoms with E-state index in [4.69, 9.17) is 0 Å². The third-order valence-corrected chi connectivity index (χ3v) is 4.56. The highest BCUT2D eigenvalue weighted by atomic mass is 32.2. The number of thioether (sulfide) groups is 1. The molecule has 1 saturated carbocycles. The number of anilines is 2. The summed E-state index contributed by atoms with van der Waals surface area (Å²) < 4.78 is 0. The number of nitrogens with zero attached hydrogens (tertiary/aromatic N) is 2. The molecule has 2 N–H and O–H groups in total. The Kier molecular flexibility index (Phi) is 5.95. The highest BCUT2D eigenvalue weighted by Gasteiger charge is 2.24. The maximum Gasteiger partial charge on any atom is 0.191 e. The molecule has 4 nitrogen and oxygen atoms in total. The Labute approximate surface area is 126 Å². The number of hydrogen-bond donors (Lipinski definition) is 2. The zero-order chi connectivity index (χ0) is 14.4. The van der Waals surface area contributed by atoms with E-state index in [-0.39, 0.29) is 0 Å². The molecule has 1 aliphatic carbocycles. The largest absolute Gasteiger partial charge is 0.370 e. The van der Waals surface area contributed by atoms with Crippen molar-refractivity contribution in [1.29, 1.82) is 0 Å². The van der Waals surface area contributed by atoms with Gasteiger partial charge in [0.1, 0.15) is 11.6 Å². The third-order valence-electron chi connectivity index (χ3n) is 4.01. The number of nitrogens with one attached hydrogen (secondary N) is 2. The predicted molar refractivity (Wildman–Crippen MR) is 87.6 cm³/mol. The second-order valence-electron chi connectivity index (χ2n) is 5.36. The van der Waals surface area contributed by atoms with Gasteiger partial charge in [0, 0.05) is 18.7 Å². The van der Waals surface area contributed by atoms with Gasteiger partial charge in [-0.25, -0.2) is 9.97 Å². The number of aromatic nitrogens is 2. The fourth-order valence-corrected chi connectivity index (χ4v) is 3.32. The summed E-state index contributed by atoms with van der Waals surface area (Å²) in [4.78, 5) is 9.07. The first-order valence-corrected chi connectivity index (χ1v) is 8.92. The van der Waals surface area contributed by atoms with Crippen molar-refractivity contribution in [2.75, 3.05) is 23.4 Å². The molecule has 1 aliphatic rings. The molecule has 2 unspecified atom stereocenters. The highest BCUT2D eigenvalue weighted by molar-refractivity contribution is 7.98. The smallest absolute Gasteiger partial charge is 0.191 e. The Bertz CT molecular complexity index is 424. The normalized spacial score (nSPS) is 22.6. The van der Waals surface area contributed by atoms with E-state index in [9.17, 15) is 0 Å². The van der Waals surface area contributed by atoms with Crippen molar-refractivity contribution in [2.45, 2.75) is 57.1 Å². The van der Waals surface area contributed by atoms with Gasteiger partial charge >= 0.3 is 0 Å². The molecule has 1 aromatic heterocycles. The van der Waals surface area contributed by atoms with Crippen LogP contribution in [-0.4, -0.2) is 28.8 Å². The SMILES string of the molecule is CCNc1cc(NC2CCCCC2CC)nc(SC)n1. The molecule has 0 bridgehead atoms. The zero-order valence-electron chi connectivity index (χ0n) is 12.8. The number of rotatable bonds is 6. The van der Waals surface area contributed by atoms with Crippen LogP contribution in [0.2, 0.25) is 0 Å². The lowest BCUT2D eigenvalue weighted by Crippen LogP contribution is -2.32. The summed E-state index contributed by atoms with van der Waals surface area (Å²) in [6.45, 7) is 5.26. The van der Waals surface area contributed by atoms with Gasteiger partial charge in [0.05, 0.1) is 0 Å². The summed E-state index contributed by atoms with van der Waals surface area (Å²) in [5.74, 6) is 2.66. The lowest BCUT2D eigenvalue weighted by Gasteiger charge is -2.32. The Hall–Kier alpha value is -0.970. The first-order valence-electron chi connectivity index (χ1n) is 7.70. The molecule has 5 heteroatoms. The summed E-state index contributed by atoms with van der Waals surface area (Å²) in [7, 11) is 0. The van der Waals surface area contributed by atoms with E-state index in [0.717, 1.165) is 29.3 Å². The molecule has 0 radical (unpaired) electrons. The van der Waals surface area contributed by atoms with Crippen LogP contribution >= 0.6 is 11.8 Å². The van der Waals surface area contributed by atoms with Crippen molar-refractivity contribution in [1.82, 2.24) is 9.97 Å². The third kappa shape index (κ3) is 4.01. The molecule has 0 aliphatic heterocycles. The van der Waals surface area contributed by atoms with Crippen molar-refractivity contribution in [2.24, 2.45) is 5.92 Å². The second-order valence-corrected chi connectivity index (χ2v) is 6.13. The van der Waals surface area contributed by atoms with E-state index in [1.807, 2.05) is 12.3 Å². The van der Waals surface area contributed by atoms with Crippen LogP contribution in [0.5, 0.6) is 0 Å². The van der Waals surface area contributed by atoms with E-state index in [0.29, 0.717) is 6.04 Å². The van der Waals surface area contributed by atoms with Crippen molar-refractivity contribution >= 4 is 23.4 Å². The minimum absolute atomic E-state index is 0.563. The maximum absolute atomic E-state index is 4.60. The topological polar surface area (TPSA) is 49.8 Å². The fourth-order valence-electron chi connectivity index (χ4n) is 2.94. The summed E-state index contributed by atoms with van der Waals surface area (Å²) in [6.07, 6.45) is 8.57. The van der Waals surface area contributed by atoms with Crippen LogP contribution in [-0.2, 0) is 0 Å². The minimum atomic E-state index is 0.563. The van der Waals surface area contributed by atoms with E-state index in [2.05, 4.69) is 34.4 Å². The van der Waals surface area contributed by atoms with Crippen LogP contribution in [0.3, 0.4) is 0 Å². The van der Waals surface area contributed by atoms with Gasteiger partial charge in [-0.05, 0) is 31.9 Å². The van der Waals surface area contributed by atoms with Crippen LogP contribution in [0.1, 0.15) is 46.0 Å². The van der Waals surface area contributed by atoms with Crippen molar-refractivity contribution in [3.8, 4) is 0 Å². The van der Waals surface area contributed by atoms with Crippen LogP contribution in [0, 0.1) is 5.92 Å². The first kappa shape index (κ1) is 15.4. The van der Waals surface area contributed by atoms with E-state index in [1.54, 1.807) is 11.8 Å². The van der Waals surface area contributed by atoms with Gasteiger partial charge in [0.15, 0.2) is 5.16 Å². The average Bonchev–Trinajstić information content (AvgIpc) is 2.48. The molecule has 2 rings (SSSR count). The minimum Gasteiger partial charge on any atom is -0.370 e. The summed E-state index contributed by atoms with van der Waals surface area (Å²) in [6, 6.07) is 2.60. The molecule has 0 aromatic carbocycles. The fraction of sp³-hybridized carbons (Fsp3) is 0.733. The molecule has 0 amide bonds. The quantitative estimate of drug-likeness (QED) is 0.613. The van der Waals surface area contributed by atoms with Gasteiger partial charge in [0.2, 0.25) is 0 Å². The molecule has 0 spiro atoms. The number of hydrogen-bond acceptors (Lipinski definition) is 5. The lowest BCUT2D eigenvalue weighted by atomic mass is 9.83. The van der Waals surface area contributed by atoms with Gasteiger partial charge in [-0.1, -0.05) is 37.9 Å². The lowest BCUT2D eigenvalue weighted by molar-refractivity contribution is 0.316. The molecule has 0 saturated heterocycles. The van der Waals surface area contributed by atoms with Crippen molar-refractivity contribution in [3.05, 3.63) is 6.07 Å². The first-order chi connectivity index (χ1) is 9.76. The predicted octanol–water partition coefficient (Wildman–Crippen LogP) is 4.01. The van der Waals surface area contributed by atoms with E-state index in [1.165, 1.54) is 32.1 Å². The molecular formula is C15H26N4S. The van der Waals surface area contributed by atoms with Gasteiger partial charge in [-0.3, -0.25) is 0 Å². The van der Waals surface area contributed by atoms with Crippen LogP contribution in [0.4, 0.5) is 11.6 Å². The monoisotopic (exact) mass is 294 g/mol. The molecule has 2 atom stereocenters. The van der Waals surface area contributed by atoms with E-state index >= 15 is 0 Å². The second kappa shape index (κ2) is 7.72. The van der Waals surface area contributed by atoms with Gasteiger partial charge in [-0.2, -0.15) is 0 Å². The van der Waals surface area contributed by atoms with Crippen molar-refractivity contribution in [3.63, 3.8) is 0 Å². The Balaban J connectivity index is 2.12. The maximum atomic E-state index is 4.60. The molecule has 20 heavy (non-hydrogen) atoms. The van der Waals surface area contributed by atoms with Crippen LogP contribution in [0.25, 0.3) is 0 Å². The van der Waals surface area contributed by atoms with Gasteiger partial charge in [-0.15, -0.1) is 0 Å². The molecule has 1 fully saturated rings. The summed E-state index contributed by atoms with van der Waals surface area (Å²) in [5, 5.41) is 7.76. The Morgan fingerprint density at radius 3 is 2.65 bits per heavy atom. The molecular weight excluding hydrogens is 268 g/mol. The highest BCUT2D eigenvalue weighted by Crippen LogP contribution is 2.29. The van der Waals surface area contributed by atoms with E-state index < -0.39 is 0 Å². The Morgan fingerprint density at radius 2 is 1.95 bits per heavy atom. The zero-order valence-corrected chi connectivity index (χ0v) is 13.6. The van der Waals surface area contributed by atoms with Gasteiger partial charge in [0.25, 0.3) is 0 Å². The van der Waals surface area contributed by atoms with Crippen LogP contribution < -0.4 is 10.6 Å². The molecule has 112 valence electrons. The van der Waals surface area contributed by atoms with Gasteiger partial charge < -0.3 is 10.6 Å². The molecule has 1 aromatic rings. The summed E-state index contributed by atoms with van der Waals surface area (Å²) >= 11 is 1.59. The van der Waals surface area contributed by atoms with Crippen molar-refractivity contribution < 1.29 is 0 Å². The summed E-state index contributed by atoms with van der Waals surface area (Å²) in [5.41, 5.74) is 0.